The second-order valence-electron chi connectivity index (χ2n) is 5.63. The SMILES string of the molecule is CCc1nc(Br)cc(NCC2(O)CCCC(C)C2)n1. The van der Waals surface area contributed by atoms with Gasteiger partial charge in [0.2, 0.25) is 0 Å². The van der Waals surface area contributed by atoms with Crippen LogP contribution in [0.25, 0.3) is 0 Å². The zero-order valence-corrected chi connectivity index (χ0v) is 13.2. The first-order valence-corrected chi connectivity index (χ1v) is 7.80. The molecule has 2 N–H and O–H groups in total. The molecule has 1 heterocycles. The van der Waals surface area contributed by atoms with Crippen LogP contribution in [0.5, 0.6) is 0 Å². The summed E-state index contributed by atoms with van der Waals surface area (Å²) < 4.78 is 0.783. The number of nitrogens with one attached hydrogen (secondary N) is 1. The van der Waals surface area contributed by atoms with Crippen LogP contribution in [-0.2, 0) is 6.42 Å². The van der Waals surface area contributed by atoms with Crippen molar-refractivity contribution in [2.45, 2.75) is 51.6 Å². The van der Waals surface area contributed by atoms with Crippen molar-refractivity contribution in [2.24, 2.45) is 5.92 Å². The fraction of sp³-hybridized carbons (Fsp3) is 0.714. The summed E-state index contributed by atoms with van der Waals surface area (Å²) in [7, 11) is 0. The van der Waals surface area contributed by atoms with Crippen LogP contribution < -0.4 is 5.32 Å². The molecule has 0 aromatic carbocycles. The van der Waals surface area contributed by atoms with Crippen LogP contribution in [0.15, 0.2) is 10.7 Å². The molecule has 1 aromatic rings. The number of anilines is 1. The molecule has 106 valence electrons. The molecule has 0 aliphatic heterocycles. The Morgan fingerprint density at radius 1 is 1.53 bits per heavy atom. The number of halogens is 1. The van der Waals surface area contributed by atoms with Crippen LogP contribution >= 0.6 is 15.9 Å². The summed E-state index contributed by atoms with van der Waals surface area (Å²) in [5.74, 6) is 2.19. The van der Waals surface area contributed by atoms with Crippen molar-refractivity contribution in [3.8, 4) is 0 Å². The second kappa shape index (κ2) is 6.18. The highest BCUT2D eigenvalue weighted by Crippen LogP contribution is 2.32. The van der Waals surface area contributed by atoms with E-state index >= 15 is 0 Å². The molecular formula is C14H22BrN3O. The van der Waals surface area contributed by atoms with Crippen molar-refractivity contribution in [3.05, 3.63) is 16.5 Å². The molecule has 0 spiro atoms. The van der Waals surface area contributed by atoms with Crippen LogP contribution in [0.2, 0.25) is 0 Å². The van der Waals surface area contributed by atoms with E-state index in [1.54, 1.807) is 0 Å². The minimum Gasteiger partial charge on any atom is -0.388 e. The quantitative estimate of drug-likeness (QED) is 0.834. The van der Waals surface area contributed by atoms with E-state index in [0.29, 0.717) is 12.5 Å². The van der Waals surface area contributed by atoms with Crippen molar-refractivity contribution >= 4 is 21.7 Å². The fourth-order valence-electron chi connectivity index (χ4n) is 2.76. The van der Waals surface area contributed by atoms with E-state index in [1.807, 2.05) is 13.0 Å². The molecule has 0 radical (unpaired) electrons. The lowest BCUT2D eigenvalue weighted by Gasteiger charge is -2.35. The highest BCUT2D eigenvalue weighted by molar-refractivity contribution is 9.10. The van der Waals surface area contributed by atoms with Gasteiger partial charge in [-0.05, 0) is 34.7 Å². The smallest absolute Gasteiger partial charge is 0.131 e. The van der Waals surface area contributed by atoms with E-state index in [9.17, 15) is 5.11 Å². The van der Waals surface area contributed by atoms with Gasteiger partial charge in [-0.15, -0.1) is 0 Å². The largest absolute Gasteiger partial charge is 0.388 e. The first-order valence-electron chi connectivity index (χ1n) is 7.00. The Hall–Kier alpha value is -0.680. The summed E-state index contributed by atoms with van der Waals surface area (Å²) in [4.78, 5) is 8.70. The molecule has 0 amide bonds. The van der Waals surface area contributed by atoms with Crippen molar-refractivity contribution in [1.82, 2.24) is 9.97 Å². The lowest BCUT2D eigenvalue weighted by molar-refractivity contribution is -0.000833. The van der Waals surface area contributed by atoms with Crippen LogP contribution in [0.4, 0.5) is 5.82 Å². The third-order valence-electron chi connectivity index (χ3n) is 3.72. The van der Waals surface area contributed by atoms with Gasteiger partial charge in [-0.25, -0.2) is 9.97 Å². The van der Waals surface area contributed by atoms with E-state index in [1.165, 1.54) is 6.42 Å². The van der Waals surface area contributed by atoms with Gasteiger partial charge in [0.05, 0.1) is 5.60 Å². The third kappa shape index (κ3) is 4.14. The topological polar surface area (TPSA) is 58.0 Å². The minimum absolute atomic E-state index is 0.559. The van der Waals surface area contributed by atoms with Crippen molar-refractivity contribution < 1.29 is 5.11 Å². The minimum atomic E-state index is -0.596. The van der Waals surface area contributed by atoms with Gasteiger partial charge in [0, 0.05) is 19.0 Å². The van der Waals surface area contributed by atoms with E-state index in [2.05, 4.69) is 38.1 Å². The average molecular weight is 328 g/mol. The molecule has 2 unspecified atom stereocenters. The molecular weight excluding hydrogens is 306 g/mol. The zero-order chi connectivity index (χ0) is 13.9. The van der Waals surface area contributed by atoms with E-state index < -0.39 is 5.60 Å². The Labute approximate surface area is 123 Å². The third-order valence-corrected chi connectivity index (χ3v) is 4.13. The van der Waals surface area contributed by atoms with Gasteiger partial charge in [0.1, 0.15) is 16.2 Å². The molecule has 1 aromatic heterocycles. The summed E-state index contributed by atoms with van der Waals surface area (Å²) in [5.41, 5.74) is -0.596. The van der Waals surface area contributed by atoms with Gasteiger partial charge in [-0.2, -0.15) is 0 Å². The van der Waals surface area contributed by atoms with Crippen LogP contribution in [0, 0.1) is 5.92 Å². The van der Waals surface area contributed by atoms with Crippen molar-refractivity contribution in [2.75, 3.05) is 11.9 Å². The van der Waals surface area contributed by atoms with E-state index in [4.69, 9.17) is 0 Å². The second-order valence-corrected chi connectivity index (χ2v) is 6.44. The van der Waals surface area contributed by atoms with Crippen LogP contribution in [-0.4, -0.2) is 27.2 Å². The maximum Gasteiger partial charge on any atom is 0.131 e. The highest BCUT2D eigenvalue weighted by atomic mass is 79.9. The standard InChI is InChI=1S/C14H22BrN3O/c1-3-12-17-11(15)7-13(18-12)16-9-14(19)6-4-5-10(2)8-14/h7,10,19H,3-6,8-9H2,1-2H3,(H,16,17,18). The molecule has 1 saturated carbocycles. The van der Waals surface area contributed by atoms with Gasteiger partial charge in [-0.1, -0.05) is 26.7 Å². The summed E-state index contributed by atoms with van der Waals surface area (Å²) in [5, 5.41) is 13.8. The van der Waals surface area contributed by atoms with Gasteiger partial charge in [0.15, 0.2) is 0 Å². The number of hydrogen-bond donors (Lipinski definition) is 2. The number of aliphatic hydroxyl groups is 1. The maximum absolute atomic E-state index is 10.6. The van der Waals surface area contributed by atoms with Crippen LogP contribution in [0.3, 0.4) is 0 Å². The first-order chi connectivity index (χ1) is 9.00. The Morgan fingerprint density at radius 2 is 2.32 bits per heavy atom. The van der Waals surface area contributed by atoms with Crippen molar-refractivity contribution in [3.63, 3.8) is 0 Å². The maximum atomic E-state index is 10.6. The van der Waals surface area contributed by atoms with Crippen molar-refractivity contribution in [1.29, 1.82) is 0 Å². The predicted molar refractivity (Wildman–Crippen MR) is 80.2 cm³/mol. The van der Waals surface area contributed by atoms with Gasteiger partial charge >= 0.3 is 0 Å². The number of rotatable bonds is 4. The number of aromatic nitrogens is 2. The lowest BCUT2D eigenvalue weighted by atomic mass is 9.79. The van der Waals surface area contributed by atoms with E-state index in [0.717, 1.165) is 41.9 Å². The average Bonchev–Trinajstić information content (AvgIpc) is 2.35. The summed E-state index contributed by atoms with van der Waals surface area (Å²) in [6.07, 6.45) is 4.87. The normalized spacial score (nSPS) is 27.3. The summed E-state index contributed by atoms with van der Waals surface area (Å²) in [6.45, 7) is 4.80. The molecule has 19 heavy (non-hydrogen) atoms. The monoisotopic (exact) mass is 327 g/mol. The van der Waals surface area contributed by atoms with Gasteiger partial charge in [-0.3, -0.25) is 0 Å². The molecule has 1 aliphatic rings. The Bertz CT molecular complexity index is 441. The Kier molecular flexibility index (Phi) is 4.79. The highest BCUT2D eigenvalue weighted by Gasteiger charge is 2.32. The summed E-state index contributed by atoms with van der Waals surface area (Å²) >= 11 is 3.39. The van der Waals surface area contributed by atoms with Crippen LogP contribution in [0.1, 0.15) is 45.4 Å². The molecule has 1 fully saturated rings. The predicted octanol–water partition coefficient (Wildman–Crippen LogP) is 3.15. The molecule has 0 saturated heterocycles. The number of nitrogens with zero attached hydrogens (tertiary/aromatic N) is 2. The molecule has 2 atom stereocenters. The zero-order valence-electron chi connectivity index (χ0n) is 11.6. The lowest BCUT2D eigenvalue weighted by Crippen LogP contribution is -2.41. The summed E-state index contributed by atoms with van der Waals surface area (Å²) in [6, 6.07) is 1.86. The molecule has 1 aliphatic carbocycles. The fourth-order valence-corrected chi connectivity index (χ4v) is 3.18. The molecule has 2 rings (SSSR count). The van der Waals surface area contributed by atoms with Gasteiger partial charge < -0.3 is 10.4 Å². The van der Waals surface area contributed by atoms with Gasteiger partial charge in [0.25, 0.3) is 0 Å². The number of aryl methyl sites for hydroxylation is 1. The molecule has 0 bridgehead atoms. The van der Waals surface area contributed by atoms with E-state index in [-0.39, 0.29) is 0 Å². The molecule has 5 heteroatoms. The Morgan fingerprint density at radius 3 is 3.00 bits per heavy atom. The number of hydrogen-bond acceptors (Lipinski definition) is 4. The first kappa shape index (κ1) is 14.7. The Balaban J connectivity index is 1.99. The molecule has 4 nitrogen and oxygen atoms in total.